The molecule has 0 aromatic heterocycles. The molecule has 0 aromatic carbocycles. The minimum atomic E-state index is -1.64. The topological polar surface area (TPSA) is 248 Å². The smallest absolute Gasteiger partial charge is 0.302 e. The van der Waals surface area contributed by atoms with Crippen LogP contribution in [0.4, 0.5) is 0 Å². The fourth-order valence-electron chi connectivity index (χ4n) is 13.7. The van der Waals surface area contributed by atoms with Crippen molar-refractivity contribution in [2.75, 3.05) is 7.11 Å². The van der Waals surface area contributed by atoms with Crippen LogP contribution in [0, 0.1) is 22.7 Å². The van der Waals surface area contributed by atoms with Gasteiger partial charge in [-0.05, 0) is 85.0 Å². The molecular formula is C48H76O18. The summed E-state index contributed by atoms with van der Waals surface area (Å²) in [6.07, 6.45) is -7.48. The molecule has 8 aliphatic rings. The van der Waals surface area contributed by atoms with E-state index in [1.165, 1.54) is 21.0 Å². The highest BCUT2D eigenvalue weighted by Crippen LogP contribution is 2.70. The summed E-state index contributed by atoms with van der Waals surface area (Å²) in [7, 11) is 1.52. The molecule has 4 heterocycles. The van der Waals surface area contributed by atoms with Gasteiger partial charge in [0.2, 0.25) is 0 Å². The maximum atomic E-state index is 12.9. The number of ether oxygens (including phenoxy) is 10. The third-order valence-electron chi connectivity index (χ3n) is 17.4. The second kappa shape index (κ2) is 19.1. The molecule has 4 saturated heterocycles. The summed E-state index contributed by atoms with van der Waals surface area (Å²) in [5.74, 6) is -1.56. The van der Waals surface area contributed by atoms with E-state index in [0.717, 1.165) is 5.57 Å². The van der Waals surface area contributed by atoms with Crippen LogP contribution in [0.1, 0.15) is 126 Å². The Bertz CT molecular complexity index is 1750. The van der Waals surface area contributed by atoms with Crippen LogP contribution >= 0.6 is 0 Å². The number of esters is 1. The van der Waals surface area contributed by atoms with Gasteiger partial charge in [-0.15, -0.1) is 0 Å². The number of carbonyl (C=O) groups excluding carboxylic acids is 2. The fourth-order valence-corrected chi connectivity index (χ4v) is 13.7. The molecule has 0 aromatic rings. The number of aliphatic hydroxyl groups is 6. The van der Waals surface area contributed by atoms with E-state index in [4.69, 9.17) is 47.4 Å². The lowest BCUT2D eigenvalue weighted by molar-refractivity contribution is -0.344. The second-order valence-corrected chi connectivity index (χ2v) is 21.3. The van der Waals surface area contributed by atoms with Gasteiger partial charge in [-0.1, -0.05) is 25.5 Å². The zero-order chi connectivity index (χ0) is 47.8. The summed E-state index contributed by atoms with van der Waals surface area (Å²) in [6.45, 7) is 13.8. The molecule has 0 radical (unpaired) electrons. The summed E-state index contributed by atoms with van der Waals surface area (Å²) in [5.41, 5.74) is -3.75. The van der Waals surface area contributed by atoms with Crippen LogP contribution in [0.15, 0.2) is 11.6 Å². The van der Waals surface area contributed by atoms with Crippen LogP contribution in [0.2, 0.25) is 0 Å². The zero-order valence-electron chi connectivity index (χ0n) is 40.0. The van der Waals surface area contributed by atoms with Gasteiger partial charge in [0.25, 0.3) is 0 Å². The normalized spacial score (nSPS) is 52.9. The quantitative estimate of drug-likeness (QED) is 0.129. The lowest BCUT2D eigenvalue weighted by Crippen LogP contribution is -2.75. The van der Waals surface area contributed by atoms with Crippen LogP contribution in [-0.2, 0) is 57.0 Å². The summed E-state index contributed by atoms with van der Waals surface area (Å²) in [4.78, 5) is 25.4. The fraction of sp³-hybridized carbons (Fsp3) is 0.917. The number of hydrogen-bond donors (Lipinski definition) is 6. The lowest BCUT2D eigenvalue weighted by Gasteiger charge is -2.66. The molecule has 7 fully saturated rings. The standard InChI is InChI=1S/C48H76O18/c1-22(49)30-12-15-48(56)46(30,8)36(62-27(6)50)21-35-45(7)13-11-29(16-28(45)10-14-47(35,48)55)63-37-17-31(51)42(24(3)59-37)64-38-18-32(52)43(25(4)60-38)65-39-19-33(53)44(26(5)61-39)66-40-20-34(57-9)41(54)23(2)58-40/h10,23-26,29-44,51-56H,11-21H2,1-9H3/t23-,24-,25-,26-,29+,30+,31+,32+,33+,34-,35-,36-,37+,38+,39+,40+,41-,42-,43-,44-,45+,46+,47+,48-/m1/s1. The van der Waals surface area contributed by atoms with E-state index in [-0.39, 0.29) is 50.4 Å². The van der Waals surface area contributed by atoms with E-state index < -0.39 is 144 Å². The van der Waals surface area contributed by atoms with Gasteiger partial charge in [-0.2, -0.15) is 0 Å². The summed E-state index contributed by atoms with van der Waals surface area (Å²) < 4.78 is 60.8. The highest BCUT2D eigenvalue weighted by atomic mass is 16.8. The molecule has 18 heteroatoms. The van der Waals surface area contributed by atoms with Gasteiger partial charge in [0.1, 0.15) is 47.5 Å². The first-order valence-corrected chi connectivity index (χ1v) is 24.3. The van der Waals surface area contributed by atoms with E-state index in [1.54, 1.807) is 27.7 Å². The third-order valence-corrected chi connectivity index (χ3v) is 17.4. The molecule has 18 nitrogen and oxygen atoms in total. The molecule has 4 aliphatic heterocycles. The summed E-state index contributed by atoms with van der Waals surface area (Å²) in [5, 5.41) is 69.4. The van der Waals surface area contributed by atoms with Gasteiger partial charge in [0.15, 0.2) is 25.2 Å². The number of Topliss-reactive ketones (excluding diaryl/α,β-unsaturated/α-hetero) is 1. The zero-order valence-corrected chi connectivity index (χ0v) is 40.0. The van der Waals surface area contributed by atoms with Crippen molar-refractivity contribution in [3.8, 4) is 0 Å². The Morgan fingerprint density at radius 2 is 1.18 bits per heavy atom. The van der Waals surface area contributed by atoms with Crippen LogP contribution in [-0.4, -0.2) is 171 Å². The molecule has 66 heavy (non-hydrogen) atoms. The molecule has 4 aliphatic carbocycles. The van der Waals surface area contributed by atoms with Crippen molar-refractivity contribution < 1.29 is 87.6 Å². The Morgan fingerprint density at radius 3 is 1.67 bits per heavy atom. The predicted molar refractivity (Wildman–Crippen MR) is 230 cm³/mol. The SMILES string of the molecule is CO[C@@H]1C[C@H](O[C@H]2[C@@H](O)C[C@H](O[C@H]3[C@@H](O)C[C@H](O[C@H]4[C@@H](O)C[C@H](O[C@H]5CC[C@@]6(C)C(=CC[C@]7(O)[C@@H]6C[C@@H](OC(C)=O)[C@]6(C)[C@H](C(C)=O)CC[C@@]67O)C5)O[C@@H]4C)O[C@@H]3C)O[C@@H]2C)O[C@H](C)[C@H]1O. The van der Waals surface area contributed by atoms with E-state index in [1.807, 2.05) is 13.0 Å². The van der Waals surface area contributed by atoms with Gasteiger partial charge in [-0.25, -0.2) is 0 Å². The van der Waals surface area contributed by atoms with Crippen LogP contribution in [0.3, 0.4) is 0 Å². The van der Waals surface area contributed by atoms with E-state index in [0.29, 0.717) is 32.1 Å². The average Bonchev–Trinajstić information content (AvgIpc) is 3.53. The predicted octanol–water partition coefficient (Wildman–Crippen LogP) is 2.46. The summed E-state index contributed by atoms with van der Waals surface area (Å²) in [6, 6.07) is 0. The molecule has 0 amide bonds. The molecular weight excluding hydrogens is 865 g/mol. The minimum Gasteiger partial charge on any atom is -0.462 e. The number of aliphatic hydroxyl groups excluding tert-OH is 4. The van der Waals surface area contributed by atoms with E-state index in [9.17, 15) is 40.2 Å². The summed E-state index contributed by atoms with van der Waals surface area (Å²) >= 11 is 0. The maximum absolute atomic E-state index is 12.9. The Hall–Kier alpha value is -1.72. The Balaban J connectivity index is 0.827. The van der Waals surface area contributed by atoms with Crippen molar-refractivity contribution in [2.45, 2.75) is 248 Å². The maximum Gasteiger partial charge on any atom is 0.302 e. The van der Waals surface area contributed by atoms with Crippen LogP contribution in [0.5, 0.6) is 0 Å². The molecule has 0 bridgehead atoms. The molecule has 376 valence electrons. The molecule has 0 unspecified atom stereocenters. The number of ketones is 1. The van der Waals surface area contributed by atoms with E-state index in [2.05, 4.69) is 6.92 Å². The van der Waals surface area contributed by atoms with Gasteiger partial charge >= 0.3 is 5.97 Å². The molecule has 8 rings (SSSR count). The lowest BCUT2D eigenvalue weighted by atomic mass is 9.43. The van der Waals surface area contributed by atoms with Gasteiger partial charge in [0, 0.05) is 57.0 Å². The highest BCUT2D eigenvalue weighted by molar-refractivity contribution is 5.80. The molecule has 0 spiro atoms. The molecule has 6 N–H and O–H groups in total. The van der Waals surface area contributed by atoms with Gasteiger partial charge in [0.05, 0.1) is 54.9 Å². The number of hydrogen-bond acceptors (Lipinski definition) is 18. The number of methoxy groups -OCH3 is 1. The first-order chi connectivity index (χ1) is 31.0. The number of rotatable bonds is 11. The molecule has 24 atom stereocenters. The van der Waals surface area contributed by atoms with Crippen molar-refractivity contribution in [1.82, 2.24) is 0 Å². The molecule has 3 saturated carbocycles. The van der Waals surface area contributed by atoms with Crippen molar-refractivity contribution in [1.29, 1.82) is 0 Å². The first-order valence-electron chi connectivity index (χ1n) is 24.3. The second-order valence-electron chi connectivity index (χ2n) is 21.3. The van der Waals surface area contributed by atoms with Crippen molar-refractivity contribution >= 4 is 11.8 Å². The minimum absolute atomic E-state index is 0.0484. The average molecular weight is 941 g/mol. The Kier molecular flexibility index (Phi) is 14.7. The Labute approximate surface area is 387 Å². The van der Waals surface area contributed by atoms with E-state index >= 15 is 0 Å². The van der Waals surface area contributed by atoms with Crippen LogP contribution < -0.4 is 0 Å². The van der Waals surface area contributed by atoms with Gasteiger partial charge < -0.3 is 78.0 Å². The van der Waals surface area contributed by atoms with Crippen molar-refractivity contribution in [3.05, 3.63) is 11.6 Å². The highest BCUT2D eigenvalue weighted by Gasteiger charge is 2.77. The van der Waals surface area contributed by atoms with Crippen molar-refractivity contribution in [2.24, 2.45) is 22.7 Å². The van der Waals surface area contributed by atoms with Crippen molar-refractivity contribution in [3.63, 3.8) is 0 Å². The van der Waals surface area contributed by atoms with Gasteiger partial charge in [-0.3, -0.25) is 9.59 Å². The van der Waals surface area contributed by atoms with Crippen LogP contribution in [0.25, 0.3) is 0 Å². The number of fused-ring (bicyclic) bond motifs is 5. The first kappa shape index (κ1) is 50.7. The Morgan fingerprint density at radius 1 is 0.682 bits per heavy atom. The largest absolute Gasteiger partial charge is 0.462 e. The number of carbonyl (C=O) groups is 2. The monoisotopic (exact) mass is 941 g/mol. The third kappa shape index (κ3) is 8.88.